The maximum atomic E-state index is 12.2. The van der Waals surface area contributed by atoms with Crippen LogP contribution in [-0.4, -0.2) is 24.3 Å². The molecule has 0 aliphatic carbocycles. The molecule has 0 aromatic heterocycles. The minimum atomic E-state index is -4.50. The van der Waals surface area contributed by atoms with Crippen molar-refractivity contribution in [3.8, 4) is 0 Å². The van der Waals surface area contributed by atoms with Crippen molar-refractivity contribution < 1.29 is 22.8 Å². The lowest BCUT2D eigenvalue weighted by atomic mass is 9.89. The van der Waals surface area contributed by atoms with Crippen LogP contribution >= 0.6 is 23.2 Å². The number of nitrogens with one attached hydrogen (secondary N) is 1. The molecule has 1 atom stereocenters. The fraction of sp³-hybridized carbons (Fsp3) is 0.333. The molecular weight excluding hydrogens is 440 g/mol. The molecule has 4 nitrogen and oxygen atoms in total. The Morgan fingerprint density at radius 2 is 1.80 bits per heavy atom. The van der Waals surface area contributed by atoms with Crippen molar-refractivity contribution in [2.75, 3.05) is 6.54 Å². The van der Waals surface area contributed by atoms with Crippen LogP contribution in [0.2, 0.25) is 10.0 Å². The molecule has 1 amide bonds. The van der Waals surface area contributed by atoms with Crippen LogP contribution in [0.15, 0.2) is 47.6 Å². The summed E-state index contributed by atoms with van der Waals surface area (Å²) in [6, 6.07) is 12.7. The van der Waals surface area contributed by atoms with Gasteiger partial charge >= 0.3 is 6.18 Å². The monoisotopic (exact) mass is 458 g/mol. The quantitative estimate of drug-likeness (QED) is 0.608. The van der Waals surface area contributed by atoms with E-state index in [0.29, 0.717) is 22.9 Å². The summed E-state index contributed by atoms with van der Waals surface area (Å²) >= 11 is 12.2. The number of benzene rings is 2. The normalized spacial score (nSPS) is 18.7. The van der Waals surface area contributed by atoms with Crippen molar-refractivity contribution in [3.63, 3.8) is 0 Å². The molecule has 0 saturated carbocycles. The lowest BCUT2D eigenvalue weighted by Gasteiger charge is -2.22. The highest BCUT2D eigenvalue weighted by atomic mass is 35.5. The second-order valence-electron chi connectivity index (χ2n) is 7.28. The molecule has 0 bridgehead atoms. The molecule has 3 rings (SSSR count). The number of hydrogen-bond acceptors (Lipinski definition) is 3. The van der Waals surface area contributed by atoms with Crippen molar-refractivity contribution in [2.24, 2.45) is 5.16 Å². The molecule has 2 aromatic rings. The van der Waals surface area contributed by atoms with Crippen LogP contribution in [-0.2, 0) is 21.7 Å². The van der Waals surface area contributed by atoms with E-state index in [1.54, 1.807) is 18.2 Å². The summed E-state index contributed by atoms with van der Waals surface area (Å²) in [5.41, 5.74) is 2.65. The Balaban J connectivity index is 1.57. The fourth-order valence-corrected chi connectivity index (χ4v) is 3.69. The Morgan fingerprint density at radius 1 is 1.17 bits per heavy atom. The van der Waals surface area contributed by atoms with Gasteiger partial charge in [-0.3, -0.25) is 4.79 Å². The fourth-order valence-electron chi connectivity index (χ4n) is 3.16. The van der Waals surface area contributed by atoms with E-state index >= 15 is 0 Å². The van der Waals surface area contributed by atoms with Crippen LogP contribution in [0.4, 0.5) is 13.2 Å². The number of oxime groups is 1. The number of carbonyl (C=O) groups is 1. The number of hydrogen-bond donors (Lipinski definition) is 1. The summed E-state index contributed by atoms with van der Waals surface area (Å²) in [7, 11) is 0. The molecular formula is C21H19Cl2F3N2O2. The van der Waals surface area contributed by atoms with Crippen LogP contribution in [0.1, 0.15) is 36.5 Å². The minimum absolute atomic E-state index is 0.131. The molecule has 1 aliphatic heterocycles. The second-order valence-corrected chi connectivity index (χ2v) is 8.16. The Bertz CT molecular complexity index is 941. The maximum Gasteiger partial charge on any atom is 0.397 e. The summed E-state index contributed by atoms with van der Waals surface area (Å²) < 4.78 is 36.5. The Kier molecular flexibility index (Phi) is 6.62. The highest BCUT2D eigenvalue weighted by Gasteiger charge is 2.37. The van der Waals surface area contributed by atoms with Gasteiger partial charge in [0.2, 0.25) is 5.91 Å². The third-order valence-corrected chi connectivity index (χ3v) is 5.16. The summed E-state index contributed by atoms with van der Waals surface area (Å²) in [5.74, 6) is -1.03. The molecule has 1 unspecified atom stereocenters. The van der Waals surface area contributed by atoms with Crippen LogP contribution < -0.4 is 5.32 Å². The lowest BCUT2D eigenvalue weighted by molar-refractivity contribution is -0.153. The topological polar surface area (TPSA) is 50.7 Å². The van der Waals surface area contributed by atoms with E-state index in [1.807, 2.05) is 31.2 Å². The first kappa shape index (κ1) is 22.4. The molecule has 1 heterocycles. The highest BCUT2D eigenvalue weighted by Crippen LogP contribution is 2.38. The Hall–Kier alpha value is -2.25. The van der Waals surface area contributed by atoms with E-state index < -0.39 is 24.1 Å². The predicted molar refractivity (Wildman–Crippen MR) is 110 cm³/mol. The Morgan fingerprint density at radius 3 is 2.40 bits per heavy atom. The van der Waals surface area contributed by atoms with E-state index in [9.17, 15) is 18.0 Å². The van der Waals surface area contributed by atoms with Crippen LogP contribution in [0.25, 0.3) is 0 Å². The maximum absolute atomic E-state index is 12.2. The third kappa shape index (κ3) is 5.89. The number of nitrogens with zero attached hydrogens (tertiary/aromatic N) is 1. The van der Waals surface area contributed by atoms with E-state index in [2.05, 4.69) is 10.5 Å². The van der Waals surface area contributed by atoms with E-state index in [4.69, 9.17) is 28.0 Å². The molecule has 160 valence electrons. The molecule has 0 radical (unpaired) electrons. The molecule has 1 N–H and O–H groups in total. The molecule has 9 heteroatoms. The largest absolute Gasteiger partial charge is 0.397 e. The molecule has 1 aliphatic rings. The summed E-state index contributed by atoms with van der Waals surface area (Å²) in [5, 5.41) is 7.51. The minimum Gasteiger partial charge on any atom is -0.384 e. The summed E-state index contributed by atoms with van der Waals surface area (Å²) in [6.45, 7) is 2.04. The Labute approximate surface area is 182 Å². The standard InChI is InChI=1S/C21H19Cl2F3N2O2/c1-20(15-8-16(22)10-17(23)9-15)11-18(28-30-20)14-4-2-13(3-5-14)6-7-27-19(29)12-21(24,25)26/h2-5,8-10H,6-7,11-12H2,1H3,(H,27,29). The number of rotatable bonds is 6. The van der Waals surface area contributed by atoms with E-state index in [-0.39, 0.29) is 6.54 Å². The smallest absolute Gasteiger partial charge is 0.384 e. The molecule has 2 aromatic carbocycles. The SMILES string of the molecule is CC1(c2cc(Cl)cc(Cl)c2)CC(c2ccc(CCNC(=O)CC(F)(F)F)cc2)=NO1. The van der Waals surface area contributed by atoms with Gasteiger partial charge in [-0.25, -0.2) is 0 Å². The van der Waals surface area contributed by atoms with Crippen molar-refractivity contribution in [2.45, 2.75) is 38.0 Å². The van der Waals surface area contributed by atoms with E-state index in [0.717, 1.165) is 22.4 Å². The zero-order valence-corrected chi connectivity index (χ0v) is 17.5. The van der Waals surface area contributed by atoms with Gasteiger partial charge < -0.3 is 10.2 Å². The number of halogens is 5. The zero-order chi connectivity index (χ0) is 21.9. The molecule has 0 fully saturated rings. The summed E-state index contributed by atoms with van der Waals surface area (Å²) in [4.78, 5) is 16.9. The summed E-state index contributed by atoms with van der Waals surface area (Å²) in [6.07, 6.45) is -5.02. The number of amides is 1. The average Bonchev–Trinajstić information content (AvgIpc) is 3.04. The van der Waals surface area contributed by atoms with Gasteiger partial charge in [0.25, 0.3) is 0 Å². The van der Waals surface area contributed by atoms with Crippen LogP contribution in [0.3, 0.4) is 0 Å². The lowest BCUT2D eigenvalue weighted by Crippen LogP contribution is -2.30. The number of alkyl halides is 3. The van der Waals surface area contributed by atoms with Crippen molar-refractivity contribution >= 4 is 34.8 Å². The van der Waals surface area contributed by atoms with Crippen molar-refractivity contribution in [1.82, 2.24) is 5.32 Å². The first-order chi connectivity index (χ1) is 14.0. The first-order valence-electron chi connectivity index (χ1n) is 9.18. The van der Waals surface area contributed by atoms with Gasteiger partial charge in [-0.2, -0.15) is 13.2 Å². The van der Waals surface area contributed by atoms with Crippen LogP contribution in [0.5, 0.6) is 0 Å². The first-order valence-corrected chi connectivity index (χ1v) is 9.94. The van der Waals surface area contributed by atoms with Gasteiger partial charge in [0, 0.05) is 28.6 Å². The number of carbonyl (C=O) groups excluding carboxylic acids is 1. The average molecular weight is 459 g/mol. The third-order valence-electron chi connectivity index (χ3n) is 4.72. The predicted octanol–water partition coefficient (Wildman–Crippen LogP) is 5.64. The second kappa shape index (κ2) is 8.86. The van der Waals surface area contributed by atoms with E-state index in [1.165, 1.54) is 0 Å². The van der Waals surface area contributed by atoms with Crippen molar-refractivity contribution in [3.05, 3.63) is 69.2 Å². The van der Waals surface area contributed by atoms with Gasteiger partial charge in [0.15, 0.2) is 5.60 Å². The van der Waals surface area contributed by atoms with Crippen LogP contribution in [0, 0.1) is 0 Å². The van der Waals surface area contributed by atoms with Gasteiger partial charge in [-0.05, 0) is 42.7 Å². The van der Waals surface area contributed by atoms with Gasteiger partial charge in [0.1, 0.15) is 6.42 Å². The van der Waals surface area contributed by atoms with Gasteiger partial charge in [0.05, 0.1) is 5.71 Å². The highest BCUT2D eigenvalue weighted by molar-refractivity contribution is 6.34. The van der Waals surface area contributed by atoms with Crippen molar-refractivity contribution in [1.29, 1.82) is 0 Å². The van der Waals surface area contributed by atoms with Gasteiger partial charge in [-0.1, -0.05) is 52.6 Å². The molecule has 0 spiro atoms. The molecule has 0 saturated heterocycles. The van der Waals surface area contributed by atoms with Gasteiger partial charge in [-0.15, -0.1) is 0 Å². The zero-order valence-electron chi connectivity index (χ0n) is 16.0. The molecule has 30 heavy (non-hydrogen) atoms.